The van der Waals surface area contributed by atoms with Crippen LogP contribution in [0.25, 0.3) is 0 Å². The Hall–Kier alpha value is -2.14. The van der Waals surface area contributed by atoms with Gasteiger partial charge in [0.05, 0.1) is 11.2 Å². The molecule has 1 saturated carbocycles. The fourth-order valence-electron chi connectivity index (χ4n) is 4.76. The summed E-state index contributed by atoms with van der Waals surface area (Å²) in [6, 6.07) is 5.86. The number of ether oxygens (including phenoxy) is 1. The summed E-state index contributed by atoms with van der Waals surface area (Å²) in [4.78, 5) is 25.3. The maximum Gasteiger partial charge on any atom is 0.338 e. The maximum atomic E-state index is 12.7. The SMILES string of the molecule is CC1=C[C@H](OC(=O)c2ccc(O)cc2)[C@@H]2[C@](C)(CC[C@@]2(O)C(C)C)CC1=O. The summed E-state index contributed by atoms with van der Waals surface area (Å²) in [6.45, 7) is 7.69. The van der Waals surface area contributed by atoms with E-state index in [4.69, 9.17) is 4.74 Å². The molecule has 2 N–H and O–H groups in total. The van der Waals surface area contributed by atoms with E-state index in [9.17, 15) is 19.8 Å². The van der Waals surface area contributed by atoms with E-state index in [0.29, 0.717) is 30.4 Å². The lowest BCUT2D eigenvalue weighted by Crippen LogP contribution is -2.50. The molecule has 146 valence electrons. The van der Waals surface area contributed by atoms with Gasteiger partial charge in [-0.25, -0.2) is 4.79 Å². The molecule has 27 heavy (non-hydrogen) atoms. The Labute approximate surface area is 160 Å². The number of aliphatic hydroxyl groups is 1. The number of Topliss-reactive ketones (excluding diaryl/α,β-unsaturated/α-hetero) is 1. The number of allylic oxidation sites excluding steroid dienone is 1. The molecular formula is C22H28O5. The lowest BCUT2D eigenvalue weighted by molar-refractivity contribution is -0.122. The Kier molecular flexibility index (Phi) is 4.93. The number of hydrogen-bond donors (Lipinski definition) is 2. The normalized spacial score (nSPS) is 33.4. The van der Waals surface area contributed by atoms with Gasteiger partial charge in [0.25, 0.3) is 0 Å². The van der Waals surface area contributed by atoms with E-state index in [1.165, 1.54) is 24.3 Å². The molecular weight excluding hydrogens is 344 g/mol. The summed E-state index contributed by atoms with van der Waals surface area (Å²) in [6.07, 6.45) is 2.67. The zero-order chi connectivity index (χ0) is 20.0. The molecule has 0 aliphatic heterocycles. The van der Waals surface area contributed by atoms with Crippen LogP contribution in [0.3, 0.4) is 0 Å². The van der Waals surface area contributed by atoms with Crippen molar-refractivity contribution in [2.75, 3.05) is 0 Å². The van der Waals surface area contributed by atoms with Crippen LogP contribution in [0.5, 0.6) is 5.75 Å². The van der Waals surface area contributed by atoms with E-state index in [1.54, 1.807) is 13.0 Å². The topological polar surface area (TPSA) is 83.8 Å². The molecule has 0 amide bonds. The highest BCUT2D eigenvalue weighted by atomic mass is 16.5. The number of fused-ring (bicyclic) bond motifs is 1. The maximum absolute atomic E-state index is 12.7. The van der Waals surface area contributed by atoms with Crippen LogP contribution in [0.15, 0.2) is 35.9 Å². The number of ketones is 1. The van der Waals surface area contributed by atoms with Gasteiger partial charge in [-0.2, -0.15) is 0 Å². The first-order valence-electron chi connectivity index (χ1n) is 9.51. The Morgan fingerprint density at radius 2 is 1.85 bits per heavy atom. The summed E-state index contributed by atoms with van der Waals surface area (Å²) in [7, 11) is 0. The van der Waals surface area contributed by atoms with Gasteiger partial charge in [-0.15, -0.1) is 0 Å². The number of phenolic OH excluding ortho intramolecular Hbond substituents is 1. The van der Waals surface area contributed by atoms with Crippen molar-refractivity contribution in [3.8, 4) is 5.75 Å². The molecule has 1 aromatic rings. The molecule has 1 aromatic carbocycles. The van der Waals surface area contributed by atoms with E-state index in [-0.39, 0.29) is 23.4 Å². The van der Waals surface area contributed by atoms with Crippen molar-refractivity contribution < 1.29 is 24.5 Å². The standard InChI is InChI=1S/C22H28O5/c1-13(2)22(26)10-9-21(4)12-17(24)14(3)11-18(19(21)22)27-20(25)15-5-7-16(23)8-6-15/h5-8,11,13,18-19,23,26H,9-10,12H2,1-4H3/t18-,19+,21+,22+/m0/s1. The summed E-state index contributed by atoms with van der Waals surface area (Å²) >= 11 is 0. The molecule has 2 aliphatic carbocycles. The quantitative estimate of drug-likeness (QED) is 0.792. The van der Waals surface area contributed by atoms with Crippen molar-refractivity contribution in [3.05, 3.63) is 41.5 Å². The van der Waals surface area contributed by atoms with Crippen LogP contribution >= 0.6 is 0 Å². The first-order chi connectivity index (χ1) is 12.6. The van der Waals surface area contributed by atoms with Crippen LogP contribution in [-0.4, -0.2) is 33.7 Å². The Bertz CT molecular complexity index is 778. The summed E-state index contributed by atoms with van der Waals surface area (Å²) in [5.74, 6) is -0.800. The molecule has 0 unspecified atom stereocenters. The fourth-order valence-corrected chi connectivity index (χ4v) is 4.76. The summed E-state index contributed by atoms with van der Waals surface area (Å²) in [5.41, 5.74) is -0.539. The molecule has 0 saturated heterocycles. The minimum absolute atomic E-state index is 0.0268. The van der Waals surface area contributed by atoms with E-state index in [2.05, 4.69) is 0 Å². The Balaban J connectivity index is 1.99. The number of rotatable bonds is 3. The second-order valence-electron chi connectivity index (χ2n) is 8.64. The summed E-state index contributed by atoms with van der Waals surface area (Å²) in [5, 5.41) is 20.9. The molecule has 0 bridgehead atoms. The monoisotopic (exact) mass is 372 g/mol. The number of hydrogen-bond acceptors (Lipinski definition) is 5. The number of carbonyl (C=O) groups is 2. The van der Waals surface area contributed by atoms with Crippen molar-refractivity contribution in [2.45, 2.75) is 58.7 Å². The van der Waals surface area contributed by atoms with E-state index < -0.39 is 23.1 Å². The van der Waals surface area contributed by atoms with Gasteiger partial charge in [0, 0.05) is 12.3 Å². The van der Waals surface area contributed by atoms with Crippen molar-refractivity contribution >= 4 is 11.8 Å². The Morgan fingerprint density at radius 1 is 1.22 bits per heavy atom. The molecule has 0 radical (unpaired) electrons. The molecule has 1 fully saturated rings. The lowest BCUT2D eigenvalue weighted by Gasteiger charge is -2.42. The summed E-state index contributed by atoms with van der Waals surface area (Å²) < 4.78 is 5.83. The predicted molar refractivity (Wildman–Crippen MR) is 101 cm³/mol. The highest BCUT2D eigenvalue weighted by Gasteiger charge is 2.60. The molecule has 0 spiro atoms. The number of esters is 1. The van der Waals surface area contributed by atoms with E-state index in [1.807, 2.05) is 20.8 Å². The minimum Gasteiger partial charge on any atom is -0.508 e. The van der Waals surface area contributed by atoms with Crippen LogP contribution in [0.1, 0.15) is 57.3 Å². The lowest BCUT2D eigenvalue weighted by atomic mass is 9.68. The average molecular weight is 372 g/mol. The van der Waals surface area contributed by atoms with Crippen molar-refractivity contribution in [2.24, 2.45) is 17.3 Å². The second-order valence-corrected chi connectivity index (χ2v) is 8.64. The first kappa shape index (κ1) is 19.6. The number of aromatic hydroxyl groups is 1. The van der Waals surface area contributed by atoms with Gasteiger partial charge in [0.1, 0.15) is 11.9 Å². The minimum atomic E-state index is -1.00. The highest BCUT2D eigenvalue weighted by Crippen LogP contribution is 2.57. The second kappa shape index (κ2) is 6.79. The number of carbonyl (C=O) groups excluding carboxylic acids is 2. The average Bonchev–Trinajstić information content (AvgIpc) is 2.81. The van der Waals surface area contributed by atoms with Gasteiger partial charge in [0.15, 0.2) is 5.78 Å². The third-order valence-corrected chi connectivity index (χ3v) is 6.48. The van der Waals surface area contributed by atoms with Crippen molar-refractivity contribution in [1.29, 1.82) is 0 Å². The third-order valence-electron chi connectivity index (χ3n) is 6.48. The molecule has 5 heteroatoms. The smallest absolute Gasteiger partial charge is 0.338 e. The largest absolute Gasteiger partial charge is 0.508 e. The molecule has 2 aliphatic rings. The van der Waals surface area contributed by atoms with Gasteiger partial charge >= 0.3 is 5.97 Å². The third kappa shape index (κ3) is 3.41. The zero-order valence-corrected chi connectivity index (χ0v) is 16.4. The van der Waals surface area contributed by atoms with Gasteiger partial charge in [0.2, 0.25) is 0 Å². The molecule has 4 atom stereocenters. The van der Waals surface area contributed by atoms with Gasteiger partial charge in [-0.05, 0) is 67.0 Å². The van der Waals surface area contributed by atoms with Crippen LogP contribution in [0.2, 0.25) is 0 Å². The van der Waals surface area contributed by atoms with Gasteiger partial charge in [-0.3, -0.25) is 4.79 Å². The molecule has 0 heterocycles. The van der Waals surface area contributed by atoms with Crippen LogP contribution in [0.4, 0.5) is 0 Å². The molecule has 0 aromatic heterocycles. The van der Waals surface area contributed by atoms with E-state index in [0.717, 1.165) is 0 Å². The van der Waals surface area contributed by atoms with Crippen LogP contribution in [0, 0.1) is 17.3 Å². The van der Waals surface area contributed by atoms with Gasteiger partial charge in [-0.1, -0.05) is 20.8 Å². The fraction of sp³-hybridized carbons (Fsp3) is 0.545. The van der Waals surface area contributed by atoms with Crippen molar-refractivity contribution in [1.82, 2.24) is 0 Å². The van der Waals surface area contributed by atoms with Crippen molar-refractivity contribution in [3.63, 3.8) is 0 Å². The van der Waals surface area contributed by atoms with Gasteiger partial charge < -0.3 is 14.9 Å². The predicted octanol–water partition coefficient (Wildman–Crippen LogP) is 3.64. The van der Waals surface area contributed by atoms with Crippen LogP contribution < -0.4 is 0 Å². The van der Waals surface area contributed by atoms with E-state index >= 15 is 0 Å². The zero-order valence-electron chi connectivity index (χ0n) is 16.4. The molecule has 5 nitrogen and oxygen atoms in total. The highest BCUT2D eigenvalue weighted by molar-refractivity contribution is 5.96. The number of phenols is 1. The Morgan fingerprint density at radius 3 is 2.44 bits per heavy atom. The van der Waals surface area contributed by atoms with Crippen LogP contribution in [-0.2, 0) is 9.53 Å². The first-order valence-corrected chi connectivity index (χ1v) is 9.51. The number of benzene rings is 1. The molecule has 3 rings (SSSR count).